The Bertz CT molecular complexity index is 1600. The van der Waals surface area contributed by atoms with Crippen molar-refractivity contribution in [2.45, 2.75) is 57.2 Å². The number of anilines is 1. The topological polar surface area (TPSA) is 109 Å². The normalized spacial score (nSPS) is 16.6. The monoisotopic (exact) mass is 594 g/mol. The van der Waals surface area contributed by atoms with Gasteiger partial charge in [-0.25, -0.2) is 14.3 Å². The molecule has 4 aromatic rings. The fraction of sp³-hybridized carbons (Fsp3) is 0.433. The van der Waals surface area contributed by atoms with Crippen molar-refractivity contribution < 1.29 is 22.8 Å². The van der Waals surface area contributed by atoms with E-state index in [9.17, 15) is 22.8 Å². The number of benzene rings is 1. The maximum Gasteiger partial charge on any atom is 0.405 e. The van der Waals surface area contributed by atoms with Crippen LogP contribution in [-0.4, -0.2) is 67.0 Å². The van der Waals surface area contributed by atoms with Gasteiger partial charge in [0.1, 0.15) is 6.54 Å². The maximum atomic E-state index is 12.7. The van der Waals surface area contributed by atoms with Gasteiger partial charge in [-0.15, -0.1) is 0 Å². The van der Waals surface area contributed by atoms with Gasteiger partial charge in [-0.05, 0) is 49.8 Å². The predicted molar refractivity (Wildman–Crippen MR) is 154 cm³/mol. The van der Waals surface area contributed by atoms with Gasteiger partial charge in [0.25, 0.3) is 0 Å². The molecule has 2 aliphatic rings. The molecule has 6 rings (SSSR count). The number of carbonyl (C=O) groups excluding carboxylic acids is 2. The van der Waals surface area contributed by atoms with Crippen molar-refractivity contribution in [3.8, 4) is 22.4 Å². The Labute approximate surface area is 246 Å². The molecule has 1 saturated heterocycles. The molecule has 3 amide bonds. The number of nitrogens with one attached hydrogen (secondary N) is 2. The second-order valence-electron chi connectivity index (χ2n) is 11.3. The molecule has 2 N–H and O–H groups in total. The van der Waals surface area contributed by atoms with E-state index in [1.54, 1.807) is 46.5 Å². The summed E-state index contributed by atoms with van der Waals surface area (Å²) in [5, 5.41) is 13.4. The largest absolute Gasteiger partial charge is 0.405 e. The van der Waals surface area contributed by atoms with Gasteiger partial charge in [0.05, 0.1) is 30.3 Å². The van der Waals surface area contributed by atoms with E-state index in [2.05, 4.69) is 20.5 Å². The summed E-state index contributed by atoms with van der Waals surface area (Å²) < 4.78 is 40.8. The van der Waals surface area contributed by atoms with Gasteiger partial charge in [0, 0.05) is 48.1 Å². The molecule has 0 spiro atoms. The highest BCUT2D eigenvalue weighted by atomic mass is 19.4. The Balaban J connectivity index is 1.09. The maximum absolute atomic E-state index is 12.7. The Morgan fingerprint density at radius 1 is 0.930 bits per heavy atom. The molecule has 0 atom stereocenters. The Kier molecular flexibility index (Phi) is 8.04. The number of urea groups is 1. The lowest BCUT2D eigenvalue weighted by Crippen LogP contribution is -2.39. The van der Waals surface area contributed by atoms with Crippen molar-refractivity contribution in [1.29, 1.82) is 0 Å². The van der Waals surface area contributed by atoms with E-state index in [0.717, 1.165) is 37.1 Å². The number of likely N-dealkylation sites (tertiary alicyclic amines) is 1. The second kappa shape index (κ2) is 12.1. The molecule has 10 nitrogen and oxygen atoms in total. The van der Waals surface area contributed by atoms with E-state index >= 15 is 0 Å². The van der Waals surface area contributed by atoms with Crippen LogP contribution in [0.5, 0.6) is 0 Å². The third kappa shape index (κ3) is 6.81. The van der Waals surface area contributed by atoms with Crippen LogP contribution in [0, 0.1) is 5.92 Å². The third-order valence-corrected chi connectivity index (χ3v) is 8.29. The van der Waals surface area contributed by atoms with Gasteiger partial charge in [-0.3, -0.25) is 9.48 Å². The number of hydrogen-bond acceptors (Lipinski definition) is 5. The average Bonchev–Trinajstić information content (AvgIpc) is 3.77. The minimum absolute atomic E-state index is 0.232. The van der Waals surface area contributed by atoms with E-state index in [1.165, 1.54) is 25.7 Å². The number of aromatic nitrogens is 5. The SMILES string of the molecule is O=C(NCC(F)(F)F)Nc1cccc(-c2cnc3cc(-c4cnn(C5CCN(C(=O)CC6CCCC6)CC5)c4)cnn23)c1. The number of carbonyl (C=O) groups is 2. The number of rotatable bonds is 7. The molecule has 3 aromatic heterocycles. The van der Waals surface area contributed by atoms with Crippen molar-refractivity contribution in [2.24, 2.45) is 5.92 Å². The highest BCUT2D eigenvalue weighted by molar-refractivity contribution is 5.90. The number of fused-ring (bicyclic) bond motifs is 1. The highest BCUT2D eigenvalue weighted by Crippen LogP contribution is 2.31. The lowest BCUT2D eigenvalue weighted by molar-refractivity contribution is -0.133. The predicted octanol–water partition coefficient (Wildman–Crippen LogP) is 5.69. The summed E-state index contributed by atoms with van der Waals surface area (Å²) in [6.45, 7) is 0.0903. The van der Waals surface area contributed by atoms with E-state index in [0.29, 0.717) is 40.8 Å². The van der Waals surface area contributed by atoms with Crippen LogP contribution in [0.1, 0.15) is 51.0 Å². The Morgan fingerprint density at radius 3 is 2.47 bits per heavy atom. The van der Waals surface area contributed by atoms with Crippen LogP contribution in [0.2, 0.25) is 0 Å². The zero-order chi connectivity index (χ0) is 30.0. The molecule has 43 heavy (non-hydrogen) atoms. The van der Waals surface area contributed by atoms with Crippen LogP contribution in [0.25, 0.3) is 28.0 Å². The summed E-state index contributed by atoms with van der Waals surface area (Å²) in [7, 11) is 0. The zero-order valence-corrected chi connectivity index (χ0v) is 23.6. The standard InChI is InChI=1S/C30H33F3N8O2/c31-30(32,33)19-35-29(43)38-24-7-3-6-21(13-24)26-17-34-27-14-22(15-37-41(26)27)23-16-36-40(18-23)25-8-10-39(11-9-25)28(42)12-20-4-1-2-5-20/h3,6-7,13-18,20,25H,1-2,4-5,8-12,19H2,(H2,35,38,43). The molecule has 2 fully saturated rings. The quantitative estimate of drug-likeness (QED) is 0.286. The van der Waals surface area contributed by atoms with Crippen molar-refractivity contribution in [3.63, 3.8) is 0 Å². The minimum atomic E-state index is -4.49. The molecule has 1 aromatic carbocycles. The summed E-state index contributed by atoms with van der Waals surface area (Å²) in [6.07, 6.45) is 10.0. The molecule has 1 aliphatic heterocycles. The van der Waals surface area contributed by atoms with Crippen molar-refractivity contribution in [2.75, 3.05) is 25.0 Å². The van der Waals surface area contributed by atoms with Gasteiger partial charge in [-0.2, -0.15) is 23.4 Å². The molecular formula is C30H33F3N8O2. The van der Waals surface area contributed by atoms with Gasteiger partial charge in [0.2, 0.25) is 5.91 Å². The number of hydrogen-bond donors (Lipinski definition) is 2. The molecule has 0 unspecified atom stereocenters. The molecule has 1 aliphatic carbocycles. The molecule has 0 radical (unpaired) electrons. The van der Waals surface area contributed by atoms with Crippen molar-refractivity contribution >= 4 is 23.3 Å². The van der Waals surface area contributed by atoms with Crippen LogP contribution < -0.4 is 10.6 Å². The van der Waals surface area contributed by atoms with Crippen LogP contribution in [-0.2, 0) is 4.79 Å². The fourth-order valence-corrected chi connectivity index (χ4v) is 6.00. The van der Waals surface area contributed by atoms with E-state index in [-0.39, 0.29) is 6.04 Å². The fourth-order valence-electron chi connectivity index (χ4n) is 6.00. The molecule has 1 saturated carbocycles. The van der Waals surface area contributed by atoms with Crippen molar-refractivity contribution in [3.05, 3.63) is 55.1 Å². The van der Waals surface area contributed by atoms with Gasteiger partial charge in [0.15, 0.2) is 5.65 Å². The average molecular weight is 595 g/mol. The molecule has 13 heteroatoms. The zero-order valence-electron chi connectivity index (χ0n) is 23.6. The minimum Gasteiger partial charge on any atom is -0.343 e. The summed E-state index contributed by atoms with van der Waals surface area (Å²) in [5.74, 6) is 0.852. The van der Waals surface area contributed by atoms with Gasteiger partial charge < -0.3 is 15.5 Å². The van der Waals surface area contributed by atoms with E-state index < -0.39 is 18.8 Å². The van der Waals surface area contributed by atoms with Gasteiger partial charge in [-0.1, -0.05) is 25.0 Å². The molecular weight excluding hydrogens is 561 g/mol. The number of amides is 3. The summed E-state index contributed by atoms with van der Waals surface area (Å²) in [5.41, 5.74) is 4.05. The first-order chi connectivity index (χ1) is 20.7. The third-order valence-electron chi connectivity index (χ3n) is 8.29. The van der Waals surface area contributed by atoms with Crippen LogP contribution >= 0.6 is 0 Å². The van der Waals surface area contributed by atoms with Gasteiger partial charge >= 0.3 is 12.2 Å². The van der Waals surface area contributed by atoms with E-state index in [4.69, 9.17) is 0 Å². The molecule has 226 valence electrons. The van der Waals surface area contributed by atoms with Crippen LogP contribution in [0.4, 0.5) is 23.7 Å². The summed E-state index contributed by atoms with van der Waals surface area (Å²) in [4.78, 5) is 31.1. The molecule has 4 heterocycles. The lowest BCUT2D eigenvalue weighted by atomic mass is 10.0. The highest BCUT2D eigenvalue weighted by Gasteiger charge is 2.28. The molecule has 0 bridgehead atoms. The van der Waals surface area contributed by atoms with Crippen LogP contribution in [0.15, 0.2) is 55.1 Å². The Hall–Kier alpha value is -4.42. The number of imidazole rings is 1. The first kappa shape index (κ1) is 28.7. The second-order valence-corrected chi connectivity index (χ2v) is 11.3. The first-order valence-electron chi connectivity index (χ1n) is 14.6. The number of piperidine rings is 1. The number of alkyl halides is 3. The van der Waals surface area contributed by atoms with Crippen molar-refractivity contribution in [1.82, 2.24) is 34.6 Å². The smallest absolute Gasteiger partial charge is 0.343 e. The summed E-state index contributed by atoms with van der Waals surface area (Å²) in [6, 6.07) is 7.91. The van der Waals surface area contributed by atoms with Crippen LogP contribution in [0.3, 0.4) is 0 Å². The summed E-state index contributed by atoms with van der Waals surface area (Å²) >= 11 is 0. The lowest BCUT2D eigenvalue weighted by Gasteiger charge is -2.32. The number of nitrogens with zero attached hydrogens (tertiary/aromatic N) is 6. The first-order valence-corrected chi connectivity index (χ1v) is 14.6. The van der Waals surface area contributed by atoms with E-state index in [1.807, 2.05) is 28.0 Å². The number of halogens is 3. The Morgan fingerprint density at radius 2 is 1.70 bits per heavy atom.